The van der Waals surface area contributed by atoms with Crippen molar-refractivity contribution in [3.8, 4) is 5.88 Å². The Morgan fingerprint density at radius 3 is 2.77 bits per heavy atom. The lowest BCUT2D eigenvalue weighted by atomic mass is 10.1. The number of methoxy groups -OCH3 is 1. The van der Waals surface area contributed by atoms with Crippen LogP contribution in [0.4, 0.5) is 0 Å². The van der Waals surface area contributed by atoms with Crippen LogP contribution in [0, 0.1) is 0 Å². The number of ether oxygens (including phenoxy) is 1. The van der Waals surface area contributed by atoms with Crippen LogP contribution in [0.1, 0.15) is 28.4 Å². The zero-order valence-electron chi connectivity index (χ0n) is 12.1. The molecule has 6 heteroatoms. The molecule has 2 N–H and O–H groups in total. The predicted molar refractivity (Wildman–Crippen MR) is 84.2 cm³/mol. The summed E-state index contributed by atoms with van der Waals surface area (Å²) in [5, 5.41) is 13.4. The van der Waals surface area contributed by atoms with Crippen LogP contribution in [-0.4, -0.2) is 29.7 Å². The standard InChI is InChI=1S/C16H17ClN2O3/c1-22-16-13(3-2-9-19-16)15(21)18-10-8-14(20)11-4-6-12(17)7-5-11/h2-7,9,14,20H,8,10H2,1H3,(H,18,21)/t14-/m0/s1. The SMILES string of the molecule is COc1ncccc1C(=O)NCC[C@H](O)c1ccc(Cl)cc1. The van der Waals surface area contributed by atoms with E-state index in [0.717, 1.165) is 5.56 Å². The van der Waals surface area contributed by atoms with Gasteiger partial charge < -0.3 is 15.2 Å². The number of benzene rings is 1. The van der Waals surface area contributed by atoms with Gasteiger partial charge in [0, 0.05) is 17.8 Å². The Hall–Kier alpha value is -2.11. The molecule has 0 aliphatic heterocycles. The van der Waals surface area contributed by atoms with Crippen molar-refractivity contribution < 1.29 is 14.6 Å². The van der Waals surface area contributed by atoms with Crippen LogP contribution in [0.2, 0.25) is 5.02 Å². The number of nitrogens with zero attached hydrogens (tertiary/aromatic N) is 1. The summed E-state index contributed by atoms with van der Waals surface area (Å²) in [6.45, 7) is 0.334. The summed E-state index contributed by atoms with van der Waals surface area (Å²) in [5.74, 6) is -0.00786. The van der Waals surface area contributed by atoms with Crippen molar-refractivity contribution in [1.82, 2.24) is 10.3 Å². The molecule has 1 atom stereocenters. The third kappa shape index (κ3) is 4.19. The van der Waals surface area contributed by atoms with E-state index in [-0.39, 0.29) is 11.8 Å². The van der Waals surface area contributed by atoms with Gasteiger partial charge in [0.2, 0.25) is 5.88 Å². The molecule has 0 aliphatic carbocycles. The molecule has 0 saturated heterocycles. The van der Waals surface area contributed by atoms with E-state index in [1.807, 2.05) is 0 Å². The Kier molecular flexibility index (Phi) is 5.75. The lowest BCUT2D eigenvalue weighted by Crippen LogP contribution is -2.26. The van der Waals surface area contributed by atoms with E-state index in [1.54, 1.807) is 42.6 Å². The Morgan fingerprint density at radius 2 is 2.09 bits per heavy atom. The number of carbonyl (C=O) groups is 1. The molecule has 5 nitrogen and oxygen atoms in total. The lowest BCUT2D eigenvalue weighted by Gasteiger charge is -2.12. The van der Waals surface area contributed by atoms with Crippen LogP contribution >= 0.6 is 11.6 Å². The second kappa shape index (κ2) is 7.77. The van der Waals surface area contributed by atoms with Crippen LogP contribution in [0.5, 0.6) is 5.88 Å². The van der Waals surface area contributed by atoms with Gasteiger partial charge in [-0.05, 0) is 36.2 Å². The number of aliphatic hydroxyl groups excluding tert-OH is 1. The minimum Gasteiger partial charge on any atom is -0.480 e. The van der Waals surface area contributed by atoms with Crippen molar-refractivity contribution >= 4 is 17.5 Å². The summed E-state index contributed by atoms with van der Waals surface area (Å²) >= 11 is 5.80. The molecule has 1 heterocycles. The maximum Gasteiger partial charge on any atom is 0.256 e. The van der Waals surface area contributed by atoms with Crippen molar-refractivity contribution in [1.29, 1.82) is 0 Å². The maximum atomic E-state index is 12.1. The molecule has 1 amide bonds. The number of hydrogen-bond donors (Lipinski definition) is 2. The summed E-state index contributed by atoms with van der Waals surface area (Å²) in [6, 6.07) is 10.3. The predicted octanol–water partition coefficient (Wildman–Crippen LogP) is 2.60. The molecule has 0 radical (unpaired) electrons. The average molecular weight is 321 g/mol. The van der Waals surface area contributed by atoms with Gasteiger partial charge >= 0.3 is 0 Å². The summed E-state index contributed by atoms with van der Waals surface area (Å²) in [6.07, 6.45) is 1.30. The zero-order valence-corrected chi connectivity index (χ0v) is 12.9. The summed E-state index contributed by atoms with van der Waals surface area (Å²) < 4.78 is 5.04. The van der Waals surface area contributed by atoms with Crippen molar-refractivity contribution in [2.24, 2.45) is 0 Å². The summed E-state index contributed by atoms with van der Waals surface area (Å²) in [4.78, 5) is 16.0. The Balaban J connectivity index is 1.88. The second-order valence-corrected chi connectivity index (χ2v) is 5.11. The van der Waals surface area contributed by atoms with E-state index in [0.29, 0.717) is 23.6 Å². The van der Waals surface area contributed by atoms with Crippen LogP contribution in [0.3, 0.4) is 0 Å². The van der Waals surface area contributed by atoms with Gasteiger partial charge in [-0.1, -0.05) is 23.7 Å². The highest BCUT2D eigenvalue weighted by Gasteiger charge is 2.13. The highest BCUT2D eigenvalue weighted by Crippen LogP contribution is 2.19. The summed E-state index contributed by atoms with van der Waals surface area (Å²) in [5.41, 5.74) is 1.13. The molecule has 0 unspecified atom stereocenters. The molecule has 0 aliphatic rings. The number of rotatable bonds is 6. The van der Waals surface area contributed by atoms with Gasteiger partial charge in [-0.2, -0.15) is 0 Å². The van der Waals surface area contributed by atoms with Gasteiger partial charge in [0.1, 0.15) is 5.56 Å². The molecule has 1 aromatic heterocycles. The van der Waals surface area contributed by atoms with Crippen molar-refractivity contribution in [2.45, 2.75) is 12.5 Å². The zero-order chi connectivity index (χ0) is 15.9. The largest absolute Gasteiger partial charge is 0.480 e. The highest BCUT2D eigenvalue weighted by atomic mass is 35.5. The number of amides is 1. The fourth-order valence-corrected chi connectivity index (χ4v) is 2.12. The molecule has 22 heavy (non-hydrogen) atoms. The van der Waals surface area contributed by atoms with Crippen LogP contribution in [0.15, 0.2) is 42.6 Å². The minimum absolute atomic E-state index is 0.276. The van der Waals surface area contributed by atoms with E-state index >= 15 is 0 Å². The van der Waals surface area contributed by atoms with Crippen molar-refractivity contribution in [3.63, 3.8) is 0 Å². The van der Waals surface area contributed by atoms with Gasteiger partial charge in [-0.15, -0.1) is 0 Å². The van der Waals surface area contributed by atoms with Gasteiger partial charge in [0.15, 0.2) is 0 Å². The fourth-order valence-electron chi connectivity index (χ4n) is 2.00. The van der Waals surface area contributed by atoms with Crippen LogP contribution < -0.4 is 10.1 Å². The second-order valence-electron chi connectivity index (χ2n) is 4.67. The maximum absolute atomic E-state index is 12.1. The molecule has 0 saturated carbocycles. The molecule has 1 aromatic carbocycles. The molecular weight excluding hydrogens is 304 g/mol. The highest BCUT2D eigenvalue weighted by molar-refractivity contribution is 6.30. The van der Waals surface area contributed by atoms with E-state index in [1.165, 1.54) is 7.11 Å². The van der Waals surface area contributed by atoms with Gasteiger partial charge in [0.25, 0.3) is 5.91 Å². The Labute approximate surface area is 133 Å². The third-order valence-electron chi connectivity index (χ3n) is 3.17. The molecule has 0 bridgehead atoms. The first-order valence-corrected chi connectivity index (χ1v) is 7.20. The number of halogens is 1. The summed E-state index contributed by atoms with van der Waals surface area (Å²) in [7, 11) is 1.46. The number of aliphatic hydroxyl groups is 1. The molecule has 116 valence electrons. The first-order valence-electron chi connectivity index (χ1n) is 6.82. The number of pyridine rings is 1. The first-order chi connectivity index (χ1) is 10.6. The van der Waals surface area contributed by atoms with Crippen molar-refractivity contribution in [2.75, 3.05) is 13.7 Å². The average Bonchev–Trinajstić information content (AvgIpc) is 2.55. The van der Waals surface area contributed by atoms with Crippen molar-refractivity contribution in [3.05, 3.63) is 58.7 Å². The number of hydrogen-bond acceptors (Lipinski definition) is 4. The smallest absolute Gasteiger partial charge is 0.256 e. The number of aromatic nitrogens is 1. The van der Waals surface area contributed by atoms with E-state index in [4.69, 9.17) is 16.3 Å². The number of carbonyl (C=O) groups excluding carboxylic acids is 1. The topological polar surface area (TPSA) is 71.5 Å². The fraction of sp³-hybridized carbons (Fsp3) is 0.250. The molecule has 0 spiro atoms. The Morgan fingerprint density at radius 1 is 1.36 bits per heavy atom. The van der Waals surface area contributed by atoms with Gasteiger partial charge in [-0.3, -0.25) is 4.79 Å². The van der Waals surface area contributed by atoms with E-state index in [9.17, 15) is 9.90 Å². The monoisotopic (exact) mass is 320 g/mol. The van der Waals surface area contributed by atoms with E-state index < -0.39 is 6.10 Å². The van der Waals surface area contributed by atoms with E-state index in [2.05, 4.69) is 10.3 Å². The lowest BCUT2D eigenvalue weighted by molar-refractivity contribution is 0.0939. The molecule has 2 aromatic rings. The van der Waals surface area contributed by atoms with Gasteiger partial charge in [-0.25, -0.2) is 4.98 Å². The molecular formula is C16H17ClN2O3. The third-order valence-corrected chi connectivity index (χ3v) is 3.42. The Bertz CT molecular complexity index is 632. The molecule has 0 fully saturated rings. The van der Waals surface area contributed by atoms with Gasteiger partial charge in [0.05, 0.1) is 13.2 Å². The first kappa shape index (κ1) is 16.3. The van der Waals surface area contributed by atoms with Crippen LogP contribution in [0.25, 0.3) is 0 Å². The van der Waals surface area contributed by atoms with Crippen LogP contribution in [-0.2, 0) is 0 Å². The minimum atomic E-state index is -0.659. The number of nitrogens with one attached hydrogen (secondary N) is 1. The molecule has 2 rings (SSSR count). The quantitative estimate of drug-likeness (QED) is 0.858. The normalized spacial score (nSPS) is 11.8.